The van der Waals surface area contributed by atoms with Crippen LogP contribution in [0.4, 0.5) is 5.69 Å². The molecule has 0 N–H and O–H groups in total. The van der Waals surface area contributed by atoms with Crippen molar-refractivity contribution >= 4 is 34.8 Å². The van der Waals surface area contributed by atoms with Crippen LogP contribution in [-0.2, 0) is 4.79 Å². The van der Waals surface area contributed by atoms with Crippen molar-refractivity contribution in [3.63, 3.8) is 0 Å². The predicted octanol–water partition coefficient (Wildman–Crippen LogP) is 2.83. The van der Waals surface area contributed by atoms with Crippen LogP contribution in [0.15, 0.2) is 42.7 Å². The Morgan fingerprint density at radius 1 is 1.19 bits per heavy atom. The lowest BCUT2D eigenvalue weighted by atomic mass is 10.1. The van der Waals surface area contributed by atoms with Gasteiger partial charge in [0.05, 0.1) is 12.4 Å². The van der Waals surface area contributed by atoms with E-state index in [1.54, 1.807) is 12.4 Å². The van der Waals surface area contributed by atoms with Crippen molar-refractivity contribution in [2.75, 3.05) is 44.8 Å². The van der Waals surface area contributed by atoms with Gasteiger partial charge in [0.25, 0.3) is 5.91 Å². The Hall–Kier alpha value is -2.21. The van der Waals surface area contributed by atoms with Crippen LogP contribution in [0, 0.1) is 0 Å². The van der Waals surface area contributed by atoms with Crippen LogP contribution >= 0.6 is 11.6 Å². The van der Waals surface area contributed by atoms with E-state index >= 15 is 0 Å². The molecule has 5 nitrogen and oxygen atoms in total. The number of likely N-dealkylation sites (N-methyl/N-ethyl adjacent to an activating group) is 1. The summed E-state index contributed by atoms with van der Waals surface area (Å²) in [6.45, 7) is 4.53. The molecule has 1 amide bonds. The van der Waals surface area contributed by atoms with Gasteiger partial charge in [-0.2, -0.15) is 0 Å². The van der Waals surface area contributed by atoms with Crippen LogP contribution in [-0.4, -0.2) is 60.6 Å². The number of carbonyl (C=O) groups is 1. The summed E-state index contributed by atoms with van der Waals surface area (Å²) in [5.74, 6) is 0.0186. The van der Waals surface area contributed by atoms with Crippen LogP contribution in [0.3, 0.4) is 0 Å². The minimum Gasteiger partial charge on any atom is -0.304 e. The summed E-state index contributed by atoms with van der Waals surface area (Å²) >= 11 is 6.22. The zero-order valence-corrected chi connectivity index (χ0v) is 15.5. The van der Waals surface area contributed by atoms with E-state index in [-0.39, 0.29) is 5.91 Å². The Morgan fingerprint density at radius 3 is 2.73 bits per heavy atom. The van der Waals surface area contributed by atoms with E-state index in [0.29, 0.717) is 17.3 Å². The zero-order valence-electron chi connectivity index (χ0n) is 14.7. The maximum Gasteiger partial charge on any atom is 0.260 e. The average molecular weight is 369 g/mol. The smallest absolute Gasteiger partial charge is 0.260 e. The van der Waals surface area contributed by atoms with Crippen molar-refractivity contribution in [3.8, 4) is 0 Å². The lowest BCUT2D eigenvalue weighted by molar-refractivity contribution is -0.113. The Balaban J connectivity index is 1.67. The Bertz CT molecular complexity index is 844. The summed E-state index contributed by atoms with van der Waals surface area (Å²) in [4.78, 5) is 23.8. The van der Waals surface area contributed by atoms with Crippen LogP contribution in [0.1, 0.15) is 11.1 Å². The Kier molecular flexibility index (Phi) is 4.76. The van der Waals surface area contributed by atoms with Gasteiger partial charge in [0.1, 0.15) is 0 Å². The van der Waals surface area contributed by atoms with Crippen LogP contribution in [0.2, 0.25) is 5.02 Å². The fourth-order valence-corrected chi connectivity index (χ4v) is 3.59. The fraction of sp³-hybridized carbons (Fsp3) is 0.300. The summed E-state index contributed by atoms with van der Waals surface area (Å²) < 4.78 is 0. The molecule has 0 bridgehead atoms. The van der Waals surface area contributed by atoms with E-state index in [4.69, 9.17) is 11.6 Å². The van der Waals surface area contributed by atoms with Gasteiger partial charge < -0.3 is 4.90 Å². The first-order valence-electron chi connectivity index (χ1n) is 8.76. The van der Waals surface area contributed by atoms with E-state index in [9.17, 15) is 4.79 Å². The number of pyridine rings is 1. The zero-order chi connectivity index (χ0) is 18.1. The number of piperazine rings is 1. The third-order valence-electron chi connectivity index (χ3n) is 4.95. The number of benzene rings is 1. The summed E-state index contributed by atoms with van der Waals surface area (Å²) in [5, 5.41) is 0.641. The highest BCUT2D eigenvalue weighted by atomic mass is 35.5. The average Bonchev–Trinajstić information content (AvgIpc) is 2.89. The van der Waals surface area contributed by atoms with Crippen molar-refractivity contribution in [2.45, 2.75) is 0 Å². The van der Waals surface area contributed by atoms with Gasteiger partial charge in [0.2, 0.25) is 0 Å². The number of anilines is 1. The normalized spacial score (nSPS) is 20.0. The first-order valence-corrected chi connectivity index (χ1v) is 9.14. The molecule has 3 heterocycles. The van der Waals surface area contributed by atoms with Gasteiger partial charge in [-0.1, -0.05) is 23.7 Å². The Morgan fingerprint density at radius 2 is 2.00 bits per heavy atom. The van der Waals surface area contributed by atoms with E-state index in [1.807, 2.05) is 41.3 Å². The monoisotopic (exact) mass is 368 g/mol. The molecule has 0 radical (unpaired) electrons. The summed E-state index contributed by atoms with van der Waals surface area (Å²) in [5.41, 5.74) is 3.42. The lowest BCUT2D eigenvalue weighted by Gasteiger charge is -2.34. The fourth-order valence-electron chi connectivity index (χ4n) is 3.42. The van der Waals surface area contributed by atoms with Gasteiger partial charge in [0.15, 0.2) is 0 Å². The van der Waals surface area contributed by atoms with E-state index in [0.717, 1.165) is 43.0 Å². The van der Waals surface area contributed by atoms with Gasteiger partial charge >= 0.3 is 0 Å². The van der Waals surface area contributed by atoms with E-state index in [1.165, 1.54) is 0 Å². The maximum atomic E-state index is 13.2. The highest BCUT2D eigenvalue weighted by molar-refractivity contribution is 6.37. The SMILES string of the molecule is CN1CCN(CN2C(=O)C(=Cc3cccnc3)c3ccc(Cl)cc32)CC1. The molecule has 4 rings (SSSR count). The Labute approximate surface area is 158 Å². The summed E-state index contributed by atoms with van der Waals surface area (Å²) in [6.07, 6.45) is 5.40. The second-order valence-corrected chi connectivity index (χ2v) is 7.24. The number of aromatic nitrogens is 1. The molecule has 0 unspecified atom stereocenters. The number of hydrogen-bond donors (Lipinski definition) is 0. The number of halogens is 1. The molecule has 0 spiro atoms. The van der Waals surface area contributed by atoms with Crippen molar-refractivity contribution in [1.82, 2.24) is 14.8 Å². The molecule has 2 aromatic rings. The molecule has 134 valence electrons. The molecule has 1 saturated heterocycles. The van der Waals surface area contributed by atoms with Gasteiger partial charge in [-0.05, 0) is 36.9 Å². The highest BCUT2D eigenvalue weighted by Crippen LogP contribution is 2.39. The first kappa shape index (κ1) is 17.2. The quantitative estimate of drug-likeness (QED) is 0.781. The predicted molar refractivity (Wildman–Crippen MR) is 105 cm³/mol. The standard InChI is InChI=1S/C20H21ClN4O/c1-23-7-9-24(10-8-23)14-25-19-12-16(21)4-5-17(19)18(20(25)26)11-15-3-2-6-22-13-15/h2-6,11-13H,7-10,14H2,1H3. The molecular weight excluding hydrogens is 348 g/mol. The molecule has 1 aromatic carbocycles. The molecule has 0 atom stereocenters. The molecule has 1 aromatic heterocycles. The van der Waals surface area contributed by atoms with Crippen LogP contribution in [0.25, 0.3) is 11.6 Å². The van der Waals surface area contributed by atoms with Crippen molar-refractivity contribution < 1.29 is 4.79 Å². The molecule has 2 aliphatic heterocycles. The molecule has 6 heteroatoms. The molecule has 2 aliphatic rings. The van der Waals surface area contributed by atoms with Crippen LogP contribution < -0.4 is 4.90 Å². The van der Waals surface area contributed by atoms with Crippen molar-refractivity contribution in [1.29, 1.82) is 0 Å². The van der Waals surface area contributed by atoms with Gasteiger partial charge in [-0.25, -0.2) is 0 Å². The number of fused-ring (bicyclic) bond motifs is 1. The first-order chi connectivity index (χ1) is 12.6. The molecular formula is C20H21ClN4O. The van der Waals surface area contributed by atoms with Crippen LogP contribution in [0.5, 0.6) is 0 Å². The minimum absolute atomic E-state index is 0.0186. The second kappa shape index (κ2) is 7.19. The number of amides is 1. The van der Waals surface area contributed by atoms with E-state index in [2.05, 4.69) is 21.8 Å². The highest BCUT2D eigenvalue weighted by Gasteiger charge is 2.34. The summed E-state index contributed by atoms with van der Waals surface area (Å²) in [7, 11) is 2.13. The molecule has 1 fully saturated rings. The van der Waals surface area contributed by atoms with Crippen molar-refractivity contribution in [2.24, 2.45) is 0 Å². The number of nitrogens with zero attached hydrogens (tertiary/aromatic N) is 4. The molecule has 0 saturated carbocycles. The number of carbonyl (C=O) groups excluding carboxylic acids is 1. The lowest BCUT2D eigenvalue weighted by Crippen LogP contribution is -2.49. The van der Waals surface area contributed by atoms with Crippen molar-refractivity contribution in [3.05, 3.63) is 58.9 Å². The molecule has 26 heavy (non-hydrogen) atoms. The minimum atomic E-state index is 0.0186. The van der Waals surface area contributed by atoms with Gasteiger partial charge in [-0.15, -0.1) is 0 Å². The molecule has 0 aliphatic carbocycles. The third-order valence-corrected chi connectivity index (χ3v) is 5.18. The number of rotatable bonds is 3. The maximum absolute atomic E-state index is 13.2. The topological polar surface area (TPSA) is 39.7 Å². The summed E-state index contributed by atoms with van der Waals surface area (Å²) in [6, 6.07) is 9.48. The third kappa shape index (κ3) is 3.38. The largest absolute Gasteiger partial charge is 0.304 e. The van der Waals surface area contributed by atoms with Gasteiger partial charge in [-0.3, -0.25) is 19.6 Å². The number of hydrogen-bond acceptors (Lipinski definition) is 4. The van der Waals surface area contributed by atoms with Gasteiger partial charge in [0, 0.05) is 54.7 Å². The second-order valence-electron chi connectivity index (χ2n) is 6.80. The van der Waals surface area contributed by atoms with E-state index < -0.39 is 0 Å².